The summed E-state index contributed by atoms with van der Waals surface area (Å²) in [6.45, 7) is 10.7. The van der Waals surface area contributed by atoms with Crippen LogP contribution in [0.1, 0.15) is 57.0 Å². The highest BCUT2D eigenvalue weighted by Gasteiger charge is 2.71. The van der Waals surface area contributed by atoms with Gasteiger partial charge in [-0.1, -0.05) is 0 Å². The zero-order valence-corrected chi connectivity index (χ0v) is 25.5. The van der Waals surface area contributed by atoms with Crippen LogP contribution < -0.4 is 4.90 Å². The van der Waals surface area contributed by atoms with Crippen LogP contribution in [0, 0.1) is 22.5 Å². The van der Waals surface area contributed by atoms with Crippen LogP contribution in [0.15, 0.2) is 11.6 Å². The van der Waals surface area contributed by atoms with Gasteiger partial charge in [-0.2, -0.15) is 5.10 Å². The summed E-state index contributed by atoms with van der Waals surface area (Å²) in [7, 11) is 1.83. The number of amides is 1. The molecule has 5 heterocycles. The number of likely N-dealkylation sites (N-methyl/N-ethyl adjacent to an activating group) is 1. The van der Waals surface area contributed by atoms with Gasteiger partial charge >= 0.3 is 6.09 Å². The third kappa shape index (κ3) is 4.55. The Bertz CT molecular complexity index is 1350. The normalized spacial score (nSPS) is 27.0. The molecule has 0 bridgehead atoms. The van der Waals surface area contributed by atoms with Gasteiger partial charge in [-0.15, -0.1) is 11.3 Å². The number of aromatic nitrogens is 5. The maximum Gasteiger partial charge on any atom is 0.410 e. The topological polar surface area (TPSA) is 98.5 Å². The summed E-state index contributed by atoms with van der Waals surface area (Å²) in [5.41, 5.74) is 1.93. The van der Waals surface area contributed by atoms with Crippen LogP contribution >= 0.6 is 33.9 Å². The summed E-state index contributed by atoms with van der Waals surface area (Å²) in [6.07, 6.45) is 4.63. The number of carbonyl (C=O) groups is 1. The van der Waals surface area contributed by atoms with E-state index < -0.39 is 5.60 Å². The first-order chi connectivity index (χ1) is 18.1. The first kappa shape index (κ1) is 26.2. The Morgan fingerprint density at radius 3 is 2.68 bits per heavy atom. The predicted molar refractivity (Wildman–Crippen MR) is 153 cm³/mol. The number of aryl methyl sites for hydroxylation is 1. The van der Waals surface area contributed by atoms with Gasteiger partial charge in [0, 0.05) is 49.8 Å². The first-order valence-electron chi connectivity index (χ1n) is 13.2. The Kier molecular flexibility index (Phi) is 6.57. The minimum absolute atomic E-state index is 0.0875. The Labute approximate surface area is 240 Å². The quantitative estimate of drug-likeness (QED) is 0.365. The summed E-state index contributed by atoms with van der Waals surface area (Å²) in [5, 5.41) is 7.94. The van der Waals surface area contributed by atoms with Gasteiger partial charge in [0.1, 0.15) is 21.9 Å². The molecule has 1 amide bonds. The summed E-state index contributed by atoms with van der Waals surface area (Å²) < 4.78 is 14.4. The van der Waals surface area contributed by atoms with Crippen LogP contribution in [-0.2, 0) is 14.9 Å². The van der Waals surface area contributed by atoms with Gasteiger partial charge in [0.15, 0.2) is 15.6 Å². The van der Waals surface area contributed by atoms with E-state index in [1.807, 2.05) is 45.6 Å². The molecule has 12 heteroatoms. The molecule has 0 aromatic carbocycles. The molecule has 3 fully saturated rings. The average molecular weight is 652 g/mol. The molecule has 3 aliphatic rings. The maximum absolute atomic E-state index is 12.8. The number of halogens is 1. The largest absolute Gasteiger partial charge is 0.444 e. The van der Waals surface area contributed by atoms with Crippen molar-refractivity contribution in [3.8, 4) is 0 Å². The van der Waals surface area contributed by atoms with E-state index in [4.69, 9.17) is 29.5 Å². The molecule has 6 rings (SSSR count). The molecule has 0 spiro atoms. The van der Waals surface area contributed by atoms with Crippen LogP contribution in [-0.4, -0.2) is 74.6 Å². The van der Waals surface area contributed by atoms with Crippen molar-refractivity contribution in [3.05, 3.63) is 26.0 Å². The van der Waals surface area contributed by atoms with Crippen LogP contribution in [0.25, 0.3) is 11.2 Å². The van der Waals surface area contributed by atoms with Crippen LogP contribution in [0.5, 0.6) is 0 Å². The van der Waals surface area contributed by atoms with E-state index in [2.05, 4.69) is 32.9 Å². The minimum atomic E-state index is -0.531. The van der Waals surface area contributed by atoms with Gasteiger partial charge in [-0.05, 0) is 81.4 Å². The van der Waals surface area contributed by atoms with Gasteiger partial charge in [-0.25, -0.2) is 24.4 Å². The third-order valence-corrected chi connectivity index (χ3v) is 9.74. The number of carbonyl (C=O) groups excluding carboxylic acids is 1. The second kappa shape index (κ2) is 9.54. The van der Waals surface area contributed by atoms with Gasteiger partial charge in [0.2, 0.25) is 0 Å². The fraction of sp³-hybridized carbons (Fsp3) is 0.654. The highest BCUT2D eigenvalue weighted by atomic mass is 127. The molecule has 3 aromatic heterocycles. The molecule has 2 aliphatic heterocycles. The molecule has 0 N–H and O–H groups in total. The van der Waals surface area contributed by atoms with Crippen molar-refractivity contribution in [3.63, 3.8) is 0 Å². The van der Waals surface area contributed by atoms with Crippen LogP contribution in [0.2, 0.25) is 0 Å². The molecule has 2 unspecified atom stereocenters. The van der Waals surface area contributed by atoms with E-state index >= 15 is 0 Å². The number of fused-ring (bicyclic) bond motifs is 2. The van der Waals surface area contributed by atoms with Gasteiger partial charge in [-0.3, -0.25) is 0 Å². The van der Waals surface area contributed by atoms with Gasteiger partial charge in [0.05, 0.1) is 6.20 Å². The zero-order valence-electron chi connectivity index (χ0n) is 22.5. The first-order valence-corrected chi connectivity index (χ1v) is 15.2. The summed E-state index contributed by atoms with van der Waals surface area (Å²) >= 11 is 3.93. The molecule has 0 radical (unpaired) electrons. The van der Waals surface area contributed by atoms with E-state index in [0.717, 1.165) is 70.3 Å². The lowest BCUT2D eigenvalue weighted by Crippen LogP contribution is -2.42. The number of hydrogen-bond acceptors (Lipinski definition) is 9. The lowest BCUT2D eigenvalue weighted by Gasteiger charge is -2.31. The molecule has 1 saturated carbocycles. The Morgan fingerprint density at radius 2 is 2.05 bits per heavy atom. The minimum Gasteiger partial charge on any atom is -0.444 e. The maximum atomic E-state index is 12.8. The van der Waals surface area contributed by atoms with Crippen molar-refractivity contribution in [2.24, 2.45) is 11.8 Å². The molecule has 10 nitrogen and oxygen atoms in total. The number of hydrogen-bond donors (Lipinski definition) is 0. The van der Waals surface area contributed by atoms with E-state index in [-0.39, 0.29) is 17.7 Å². The molecule has 3 aromatic rings. The van der Waals surface area contributed by atoms with E-state index in [0.29, 0.717) is 18.4 Å². The van der Waals surface area contributed by atoms with Crippen molar-refractivity contribution in [2.75, 3.05) is 38.2 Å². The van der Waals surface area contributed by atoms with Crippen molar-refractivity contribution < 1.29 is 14.3 Å². The smallest absolute Gasteiger partial charge is 0.410 e. The number of rotatable bonds is 5. The highest BCUT2D eigenvalue weighted by Crippen LogP contribution is 2.64. The van der Waals surface area contributed by atoms with Crippen molar-refractivity contribution >= 4 is 57.0 Å². The summed E-state index contributed by atoms with van der Waals surface area (Å²) in [4.78, 5) is 31.6. The predicted octanol–water partition coefficient (Wildman–Crippen LogP) is 4.77. The molecule has 2 saturated heterocycles. The molecular formula is C26H34IN7O3S. The highest BCUT2D eigenvalue weighted by molar-refractivity contribution is 14.1. The van der Waals surface area contributed by atoms with Crippen LogP contribution in [0.4, 0.5) is 10.6 Å². The molecule has 38 heavy (non-hydrogen) atoms. The van der Waals surface area contributed by atoms with Crippen LogP contribution in [0.3, 0.4) is 0 Å². The van der Waals surface area contributed by atoms with Crippen molar-refractivity contribution in [1.29, 1.82) is 0 Å². The van der Waals surface area contributed by atoms with Gasteiger partial charge < -0.3 is 19.3 Å². The summed E-state index contributed by atoms with van der Waals surface area (Å²) in [6, 6.07) is 0. The molecular weight excluding hydrogens is 617 g/mol. The number of thiazole rings is 1. The SMILES string of the molecule is Cc1csc(C2(CN(C)C(=O)OC(C)(C)C)[C@@H]3CN(c4cnc5c(I)nn(C6CCCCO6)c5n4)C[C@@H]32)n1. The monoisotopic (exact) mass is 651 g/mol. The standard InChI is InChI=1S/C26H34IN7O3S/c1-15-13-38-23(29-15)26(14-32(5)24(35)37-25(2,3)4)16-11-33(12-17(16)26)18-10-28-20-21(27)31-34(22(20)30-18)19-8-6-7-9-36-19/h10,13,16-17,19H,6-9,11-12,14H2,1-5H3/t16-,17+,19?,26?. The fourth-order valence-electron chi connectivity index (χ4n) is 6.04. The van der Waals surface area contributed by atoms with Crippen molar-refractivity contribution in [2.45, 2.75) is 64.2 Å². The Morgan fingerprint density at radius 1 is 1.29 bits per heavy atom. The lowest BCUT2D eigenvalue weighted by molar-refractivity contribution is -0.0372. The molecule has 204 valence electrons. The number of anilines is 1. The second-order valence-electron chi connectivity index (χ2n) is 11.7. The molecule has 4 atom stereocenters. The Balaban J connectivity index is 1.24. The fourth-order valence-corrected chi connectivity index (χ4v) is 7.77. The number of ether oxygens (including phenoxy) is 2. The summed E-state index contributed by atoms with van der Waals surface area (Å²) in [5.74, 6) is 1.62. The van der Waals surface area contributed by atoms with E-state index in [1.165, 1.54) is 0 Å². The lowest BCUT2D eigenvalue weighted by atomic mass is 9.99. The molecule has 1 aliphatic carbocycles. The Hall–Kier alpha value is -2.06. The number of piperidine rings is 1. The second-order valence-corrected chi connectivity index (χ2v) is 13.6. The van der Waals surface area contributed by atoms with Gasteiger partial charge in [0.25, 0.3) is 0 Å². The van der Waals surface area contributed by atoms with E-state index in [1.54, 1.807) is 16.2 Å². The zero-order chi connectivity index (χ0) is 26.8. The average Bonchev–Trinajstić information content (AvgIpc) is 3.33. The third-order valence-electron chi connectivity index (χ3n) is 7.86. The van der Waals surface area contributed by atoms with Crippen molar-refractivity contribution in [1.82, 2.24) is 29.6 Å². The van der Waals surface area contributed by atoms with E-state index in [9.17, 15) is 4.79 Å². The number of nitrogens with zero attached hydrogens (tertiary/aromatic N) is 7.